The summed E-state index contributed by atoms with van der Waals surface area (Å²) in [5.41, 5.74) is 1.44. The van der Waals surface area contributed by atoms with Crippen molar-refractivity contribution < 1.29 is 14.3 Å². The third kappa shape index (κ3) is 2.67. The standard InChI is InChI=1S/C17H23NO3S/c1-4-21-17(20)14-9(2)10(3)22-16(14)18-15(19)13-8-11-5-6-12(13)7-11/h11-13H,4-8H2,1-3H3,(H,18,19). The van der Waals surface area contributed by atoms with Gasteiger partial charge < -0.3 is 10.1 Å². The molecule has 0 saturated heterocycles. The number of carbonyl (C=O) groups is 2. The van der Waals surface area contributed by atoms with Crippen molar-refractivity contribution in [3.05, 3.63) is 16.0 Å². The molecule has 0 spiro atoms. The minimum atomic E-state index is -0.340. The van der Waals surface area contributed by atoms with E-state index in [1.807, 2.05) is 13.8 Å². The van der Waals surface area contributed by atoms with Crippen LogP contribution in [0.15, 0.2) is 0 Å². The van der Waals surface area contributed by atoms with E-state index in [1.54, 1.807) is 6.92 Å². The van der Waals surface area contributed by atoms with Gasteiger partial charge in [-0.05, 0) is 57.4 Å². The third-order valence-electron chi connectivity index (χ3n) is 5.18. The van der Waals surface area contributed by atoms with Gasteiger partial charge in [-0.2, -0.15) is 0 Å². The molecular formula is C17H23NO3S. The Labute approximate surface area is 135 Å². The first kappa shape index (κ1) is 15.5. The Kier molecular flexibility index (Phi) is 4.26. The number of carbonyl (C=O) groups excluding carboxylic acids is 2. The van der Waals surface area contributed by atoms with Crippen LogP contribution >= 0.6 is 11.3 Å². The number of amides is 1. The molecular weight excluding hydrogens is 298 g/mol. The van der Waals surface area contributed by atoms with Gasteiger partial charge in [-0.3, -0.25) is 4.79 Å². The van der Waals surface area contributed by atoms with Gasteiger partial charge in [0, 0.05) is 10.8 Å². The number of anilines is 1. The van der Waals surface area contributed by atoms with Crippen LogP contribution in [0.25, 0.3) is 0 Å². The average molecular weight is 321 g/mol. The zero-order valence-electron chi connectivity index (χ0n) is 13.4. The van der Waals surface area contributed by atoms with Gasteiger partial charge in [-0.25, -0.2) is 4.79 Å². The highest BCUT2D eigenvalue weighted by molar-refractivity contribution is 7.16. The molecule has 0 aromatic carbocycles. The number of thiophene rings is 1. The number of nitrogens with one attached hydrogen (secondary N) is 1. The first-order chi connectivity index (χ1) is 10.5. The lowest BCUT2D eigenvalue weighted by Gasteiger charge is -2.20. The predicted molar refractivity (Wildman–Crippen MR) is 87.3 cm³/mol. The molecule has 1 aromatic heterocycles. The van der Waals surface area contributed by atoms with Crippen LogP contribution < -0.4 is 5.32 Å². The summed E-state index contributed by atoms with van der Waals surface area (Å²) in [5, 5.41) is 3.67. The summed E-state index contributed by atoms with van der Waals surface area (Å²) < 4.78 is 5.14. The number of hydrogen-bond acceptors (Lipinski definition) is 4. The van der Waals surface area contributed by atoms with Gasteiger partial charge in [0.25, 0.3) is 0 Å². The lowest BCUT2D eigenvalue weighted by atomic mass is 9.88. The summed E-state index contributed by atoms with van der Waals surface area (Å²) in [6, 6.07) is 0. The zero-order valence-corrected chi connectivity index (χ0v) is 14.2. The molecule has 2 saturated carbocycles. The van der Waals surface area contributed by atoms with Crippen LogP contribution in [0.1, 0.15) is 53.4 Å². The summed E-state index contributed by atoms with van der Waals surface area (Å²) in [6.45, 7) is 6.01. The molecule has 2 aliphatic carbocycles. The van der Waals surface area contributed by atoms with E-state index in [0.29, 0.717) is 23.1 Å². The Balaban J connectivity index is 1.78. The minimum Gasteiger partial charge on any atom is -0.462 e. The Bertz CT molecular complexity index is 607. The molecule has 120 valence electrons. The molecule has 3 rings (SSSR count). The number of hydrogen-bond donors (Lipinski definition) is 1. The maximum atomic E-state index is 12.6. The van der Waals surface area contributed by atoms with E-state index in [9.17, 15) is 9.59 Å². The maximum absolute atomic E-state index is 12.6. The van der Waals surface area contributed by atoms with Gasteiger partial charge in [0.2, 0.25) is 5.91 Å². The summed E-state index contributed by atoms with van der Waals surface area (Å²) in [7, 11) is 0. The highest BCUT2D eigenvalue weighted by Gasteiger charge is 2.43. The fourth-order valence-corrected chi connectivity index (χ4v) is 4.99. The van der Waals surface area contributed by atoms with Gasteiger partial charge in [0.05, 0.1) is 12.2 Å². The molecule has 1 N–H and O–H groups in total. The molecule has 2 aliphatic rings. The van der Waals surface area contributed by atoms with Crippen LogP contribution in [-0.4, -0.2) is 18.5 Å². The highest BCUT2D eigenvalue weighted by Crippen LogP contribution is 2.48. The molecule has 1 heterocycles. The molecule has 0 radical (unpaired) electrons. The summed E-state index contributed by atoms with van der Waals surface area (Å²) >= 11 is 1.47. The van der Waals surface area contributed by atoms with Crippen LogP contribution in [0.2, 0.25) is 0 Å². The molecule has 2 fully saturated rings. The van der Waals surface area contributed by atoms with Crippen molar-refractivity contribution in [1.29, 1.82) is 0 Å². The summed E-state index contributed by atoms with van der Waals surface area (Å²) in [6.07, 6.45) is 4.66. The number of rotatable bonds is 4. The number of ether oxygens (including phenoxy) is 1. The second kappa shape index (κ2) is 6.03. The first-order valence-electron chi connectivity index (χ1n) is 8.09. The molecule has 22 heavy (non-hydrogen) atoms. The predicted octanol–water partition coefficient (Wildman–Crippen LogP) is 3.92. The van der Waals surface area contributed by atoms with Gasteiger partial charge in [0.15, 0.2) is 0 Å². The fourth-order valence-electron chi connectivity index (χ4n) is 3.93. The van der Waals surface area contributed by atoms with E-state index in [1.165, 1.54) is 30.6 Å². The van der Waals surface area contributed by atoms with Gasteiger partial charge >= 0.3 is 5.97 Å². The normalized spacial score (nSPS) is 26.2. The maximum Gasteiger partial charge on any atom is 0.341 e. The van der Waals surface area contributed by atoms with Crippen molar-refractivity contribution in [3.8, 4) is 0 Å². The van der Waals surface area contributed by atoms with Crippen LogP contribution in [0.3, 0.4) is 0 Å². The van der Waals surface area contributed by atoms with Gasteiger partial charge in [-0.1, -0.05) is 6.42 Å². The van der Waals surface area contributed by atoms with E-state index in [-0.39, 0.29) is 17.8 Å². The van der Waals surface area contributed by atoms with Crippen LogP contribution in [0, 0.1) is 31.6 Å². The molecule has 1 amide bonds. The number of fused-ring (bicyclic) bond motifs is 2. The van der Waals surface area contributed by atoms with Crippen molar-refractivity contribution >= 4 is 28.2 Å². The van der Waals surface area contributed by atoms with E-state index in [0.717, 1.165) is 22.8 Å². The number of aryl methyl sites for hydroxylation is 1. The molecule has 3 unspecified atom stereocenters. The van der Waals surface area contributed by atoms with E-state index in [4.69, 9.17) is 4.74 Å². The van der Waals surface area contributed by atoms with Crippen LogP contribution in [-0.2, 0) is 9.53 Å². The quantitative estimate of drug-likeness (QED) is 0.855. The van der Waals surface area contributed by atoms with Gasteiger partial charge in [0.1, 0.15) is 5.00 Å². The molecule has 4 nitrogen and oxygen atoms in total. The van der Waals surface area contributed by atoms with Crippen molar-refractivity contribution in [2.75, 3.05) is 11.9 Å². The summed E-state index contributed by atoms with van der Waals surface area (Å²) in [4.78, 5) is 25.8. The van der Waals surface area contributed by atoms with Crippen molar-refractivity contribution in [2.45, 2.75) is 46.5 Å². The average Bonchev–Trinajstić information content (AvgIpc) is 3.15. The van der Waals surface area contributed by atoms with E-state index in [2.05, 4.69) is 5.32 Å². The molecule has 3 atom stereocenters. The lowest BCUT2D eigenvalue weighted by Crippen LogP contribution is -2.27. The Morgan fingerprint density at radius 1 is 1.27 bits per heavy atom. The topological polar surface area (TPSA) is 55.4 Å². The largest absolute Gasteiger partial charge is 0.462 e. The van der Waals surface area contributed by atoms with Gasteiger partial charge in [-0.15, -0.1) is 11.3 Å². The number of esters is 1. The van der Waals surface area contributed by atoms with Crippen molar-refractivity contribution in [1.82, 2.24) is 0 Å². The Morgan fingerprint density at radius 2 is 2.05 bits per heavy atom. The molecule has 1 aromatic rings. The first-order valence-corrected chi connectivity index (χ1v) is 8.90. The Morgan fingerprint density at radius 3 is 2.64 bits per heavy atom. The van der Waals surface area contributed by atoms with Crippen molar-refractivity contribution in [2.24, 2.45) is 17.8 Å². The van der Waals surface area contributed by atoms with Crippen molar-refractivity contribution in [3.63, 3.8) is 0 Å². The van der Waals surface area contributed by atoms with Crippen LogP contribution in [0.5, 0.6) is 0 Å². The Hall–Kier alpha value is -1.36. The van der Waals surface area contributed by atoms with E-state index >= 15 is 0 Å². The monoisotopic (exact) mass is 321 g/mol. The van der Waals surface area contributed by atoms with Crippen LogP contribution in [0.4, 0.5) is 5.00 Å². The molecule has 0 aliphatic heterocycles. The van der Waals surface area contributed by atoms with E-state index < -0.39 is 0 Å². The smallest absolute Gasteiger partial charge is 0.341 e. The third-order valence-corrected chi connectivity index (χ3v) is 6.30. The second-order valence-corrected chi connectivity index (χ2v) is 7.70. The molecule has 5 heteroatoms. The molecule has 2 bridgehead atoms. The zero-order chi connectivity index (χ0) is 15.9. The summed E-state index contributed by atoms with van der Waals surface area (Å²) in [5.74, 6) is 1.14. The minimum absolute atomic E-state index is 0.0824. The SMILES string of the molecule is CCOC(=O)c1c(NC(=O)C2CC3CCC2C3)sc(C)c1C. The lowest BCUT2D eigenvalue weighted by molar-refractivity contribution is -0.121. The fraction of sp³-hybridized carbons (Fsp3) is 0.647. The second-order valence-electron chi connectivity index (χ2n) is 6.48. The highest BCUT2D eigenvalue weighted by atomic mass is 32.1.